The highest BCUT2D eigenvalue weighted by atomic mass is 16.2. The average molecular weight is 393 g/mol. The van der Waals surface area contributed by atoms with Crippen molar-refractivity contribution in [1.82, 2.24) is 15.5 Å². The number of nitrogens with zero attached hydrogens (tertiary/aromatic N) is 1. The molecule has 0 bridgehead atoms. The van der Waals surface area contributed by atoms with Crippen molar-refractivity contribution >= 4 is 17.8 Å². The molecule has 1 aliphatic heterocycles. The molecule has 2 saturated carbocycles. The van der Waals surface area contributed by atoms with E-state index in [4.69, 9.17) is 5.73 Å². The third-order valence-corrected chi connectivity index (χ3v) is 7.54. The van der Waals surface area contributed by atoms with Gasteiger partial charge in [0.15, 0.2) is 0 Å². The number of imide groups is 1. The molecular weight excluding hydrogens is 356 g/mol. The third-order valence-electron chi connectivity index (χ3n) is 7.54. The monoisotopic (exact) mass is 392 g/mol. The lowest BCUT2D eigenvalue weighted by atomic mass is 9.65. The van der Waals surface area contributed by atoms with Crippen LogP contribution in [0.1, 0.15) is 78.6 Å². The van der Waals surface area contributed by atoms with Crippen LogP contribution in [-0.2, 0) is 9.59 Å². The van der Waals surface area contributed by atoms with Crippen LogP contribution < -0.4 is 16.4 Å². The summed E-state index contributed by atoms with van der Waals surface area (Å²) in [6.07, 6.45) is 7.76. The van der Waals surface area contributed by atoms with Gasteiger partial charge in [0.25, 0.3) is 5.91 Å². The summed E-state index contributed by atoms with van der Waals surface area (Å²) in [5, 5.41) is 5.88. The molecule has 0 aromatic carbocycles. The molecule has 4 amide bonds. The van der Waals surface area contributed by atoms with Crippen LogP contribution in [0.15, 0.2) is 0 Å². The quantitative estimate of drug-likeness (QED) is 0.624. The summed E-state index contributed by atoms with van der Waals surface area (Å²) in [5.74, 6) is 0.0655. The van der Waals surface area contributed by atoms with Gasteiger partial charge in [-0.3, -0.25) is 14.5 Å². The molecule has 0 radical (unpaired) electrons. The number of rotatable bonds is 5. The number of nitrogens with one attached hydrogen (secondary N) is 2. The highest BCUT2D eigenvalue weighted by Crippen LogP contribution is 2.45. The number of urea groups is 1. The zero-order valence-electron chi connectivity index (χ0n) is 17.6. The molecular formula is C21H36N4O3. The fourth-order valence-corrected chi connectivity index (χ4v) is 5.02. The van der Waals surface area contributed by atoms with Crippen LogP contribution in [-0.4, -0.2) is 46.9 Å². The molecule has 1 spiro atoms. The van der Waals surface area contributed by atoms with Crippen LogP contribution in [0.5, 0.6) is 0 Å². The van der Waals surface area contributed by atoms with E-state index in [1.807, 2.05) is 0 Å². The second-order valence-electron chi connectivity index (χ2n) is 9.70. The minimum absolute atomic E-state index is 0.0914. The summed E-state index contributed by atoms with van der Waals surface area (Å²) in [6, 6.07) is -0.125. The molecule has 3 fully saturated rings. The molecule has 0 atom stereocenters. The summed E-state index contributed by atoms with van der Waals surface area (Å²) >= 11 is 0. The summed E-state index contributed by atoms with van der Waals surface area (Å²) in [5.41, 5.74) is 5.34. The smallest absolute Gasteiger partial charge is 0.325 e. The van der Waals surface area contributed by atoms with Crippen molar-refractivity contribution in [1.29, 1.82) is 0 Å². The van der Waals surface area contributed by atoms with Gasteiger partial charge in [0.1, 0.15) is 12.1 Å². The van der Waals surface area contributed by atoms with Gasteiger partial charge in [-0.25, -0.2) is 4.79 Å². The van der Waals surface area contributed by atoms with Gasteiger partial charge in [0.2, 0.25) is 5.91 Å². The molecule has 28 heavy (non-hydrogen) atoms. The zero-order chi connectivity index (χ0) is 20.5. The molecule has 0 unspecified atom stereocenters. The fourth-order valence-electron chi connectivity index (χ4n) is 5.02. The van der Waals surface area contributed by atoms with Crippen LogP contribution in [0.3, 0.4) is 0 Å². The van der Waals surface area contributed by atoms with Gasteiger partial charge in [-0.1, -0.05) is 27.2 Å². The molecule has 1 saturated heterocycles. The first-order valence-electron chi connectivity index (χ1n) is 10.9. The van der Waals surface area contributed by atoms with E-state index in [9.17, 15) is 14.4 Å². The predicted molar refractivity (Wildman–Crippen MR) is 107 cm³/mol. The largest absolute Gasteiger partial charge is 0.352 e. The summed E-state index contributed by atoms with van der Waals surface area (Å²) in [6.45, 7) is 6.56. The average Bonchev–Trinajstić information content (AvgIpc) is 2.88. The van der Waals surface area contributed by atoms with E-state index >= 15 is 0 Å². The Balaban J connectivity index is 1.56. The Morgan fingerprint density at radius 2 is 1.79 bits per heavy atom. The molecule has 0 aromatic heterocycles. The number of amides is 4. The number of hydrogen-bond acceptors (Lipinski definition) is 4. The van der Waals surface area contributed by atoms with Crippen molar-refractivity contribution < 1.29 is 14.4 Å². The first-order valence-corrected chi connectivity index (χ1v) is 10.9. The van der Waals surface area contributed by atoms with E-state index in [2.05, 4.69) is 31.4 Å². The molecule has 7 heteroatoms. The summed E-state index contributed by atoms with van der Waals surface area (Å²) in [7, 11) is 0. The van der Waals surface area contributed by atoms with E-state index in [0.717, 1.165) is 49.8 Å². The predicted octanol–water partition coefficient (Wildman–Crippen LogP) is 2.29. The van der Waals surface area contributed by atoms with Gasteiger partial charge in [0, 0.05) is 12.1 Å². The molecule has 1 heterocycles. The van der Waals surface area contributed by atoms with Crippen molar-refractivity contribution in [2.75, 3.05) is 6.54 Å². The SMILES string of the molecule is CCC(C)(C)C1CCC2(CC1)NC(=O)N(CC(=O)NC1CCC(N)CC1)C2=O. The van der Waals surface area contributed by atoms with Gasteiger partial charge < -0.3 is 16.4 Å². The molecule has 4 N–H and O–H groups in total. The van der Waals surface area contributed by atoms with Crippen molar-refractivity contribution in [3.05, 3.63) is 0 Å². The second kappa shape index (κ2) is 8.01. The Bertz CT molecular complexity index is 617. The number of carbonyl (C=O) groups excluding carboxylic acids is 3. The van der Waals surface area contributed by atoms with Gasteiger partial charge in [0.05, 0.1) is 0 Å². The Kier molecular flexibility index (Phi) is 6.03. The van der Waals surface area contributed by atoms with E-state index in [1.165, 1.54) is 0 Å². The molecule has 3 rings (SSSR count). The zero-order valence-corrected chi connectivity index (χ0v) is 17.6. The number of carbonyl (C=O) groups is 3. The Morgan fingerprint density at radius 1 is 1.18 bits per heavy atom. The topological polar surface area (TPSA) is 105 Å². The lowest BCUT2D eigenvalue weighted by Crippen LogP contribution is -2.51. The maximum Gasteiger partial charge on any atom is 0.325 e. The van der Waals surface area contributed by atoms with Gasteiger partial charge in [-0.15, -0.1) is 0 Å². The van der Waals surface area contributed by atoms with Crippen LogP contribution in [0.2, 0.25) is 0 Å². The normalized spacial score (nSPS) is 33.9. The van der Waals surface area contributed by atoms with Crippen LogP contribution in [0.25, 0.3) is 0 Å². The van der Waals surface area contributed by atoms with Crippen LogP contribution in [0.4, 0.5) is 4.79 Å². The van der Waals surface area contributed by atoms with E-state index in [-0.39, 0.29) is 35.9 Å². The Morgan fingerprint density at radius 3 is 2.36 bits per heavy atom. The third kappa shape index (κ3) is 4.19. The lowest BCUT2D eigenvalue weighted by molar-refractivity contribution is -0.136. The first-order chi connectivity index (χ1) is 13.2. The number of hydrogen-bond donors (Lipinski definition) is 3. The fraction of sp³-hybridized carbons (Fsp3) is 0.857. The molecule has 7 nitrogen and oxygen atoms in total. The van der Waals surface area contributed by atoms with E-state index in [1.54, 1.807) is 0 Å². The maximum atomic E-state index is 13.0. The molecule has 2 aliphatic carbocycles. The van der Waals surface area contributed by atoms with E-state index < -0.39 is 11.6 Å². The van der Waals surface area contributed by atoms with Crippen molar-refractivity contribution in [3.8, 4) is 0 Å². The molecule has 0 aromatic rings. The highest BCUT2D eigenvalue weighted by Gasteiger charge is 2.53. The summed E-state index contributed by atoms with van der Waals surface area (Å²) in [4.78, 5) is 39.0. The van der Waals surface area contributed by atoms with Crippen LogP contribution in [0, 0.1) is 11.3 Å². The maximum absolute atomic E-state index is 13.0. The minimum atomic E-state index is -0.810. The second-order valence-corrected chi connectivity index (χ2v) is 9.70. The van der Waals surface area contributed by atoms with Gasteiger partial charge in [-0.2, -0.15) is 0 Å². The van der Waals surface area contributed by atoms with Crippen molar-refractivity contribution in [3.63, 3.8) is 0 Å². The Labute approximate surface area is 168 Å². The first kappa shape index (κ1) is 21.1. The minimum Gasteiger partial charge on any atom is -0.352 e. The van der Waals surface area contributed by atoms with Crippen molar-refractivity contribution in [2.45, 2.75) is 96.2 Å². The molecule has 3 aliphatic rings. The Hall–Kier alpha value is -1.63. The highest BCUT2D eigenvalue weighted by molar-refractivity contribution is 6.09. The molecule has 158 valence electrons. The van der Waals surface area contributed by atoms with Crippen molar-refractivity contribution in [2.24, 2.45) is 17.1 Å². The number of nitrogens with two attached hydrogens (primary N) is 1. The van der Waals surface area contributed by atoms with Crippen LogP contribution >= 0.6 is 0 Å². The van der Waals surface area contributed by atoms with Gasteiger partial charge in [-0.05, 0) is 62.7 Å². The lowest BCUT2D eigenvalue weighted by Gasteiger charge is -2.42. The summed E-state index contributed by atoms with van der Waals surface area (Å²) < 4.78 is 0. The standard InChI is InChI=1S/C21H36N4O3/c1-4-20(2,3)14-9-11-21(12-10-14)18(27)25(19(28)24-21)13-17(26)23-16-7-5-15(22)6-8-16/h14-16H,4-13,22H2,1-3H3,(H,23,26)(H,24,28). The van der Waals surface area contributed by atoms with Gasteiger partial charge >= 0.3 is 6.03 Å². The van der Waals surface area contributed by atoms with E-state index in [0.29, 0.717) is 18.8 Å².